The Labute approximate surface area is 145 Å². The van der Waals surface area contributed by atoms with Crippen LogP contribution in [0.25, 0.3) is 16.8 Å². The van der Waals surface area contributed by atoms with Gasteiger partial charge in [0.05, 0.1) is 4.88 Å². The maximum atomic E-state index is 11.7. The number of carbonyl (C=O) groups is 1. The molecule has 0 bridgehead atoms. The van der Waals surface area contributed by atoms with Crippen LogP contribution in [0, 0.1) is 0 Å². The van der Waals surface area contributed by atoms with Gasteiger partial charge in [0.2, 0.25) is 5.89 Å². The van der Waals surface area contributed by atoms with E-state index >= 15 is 0 Å². The summed E-state index contributed by atoms with van der Waals surface area (Å²) in [5, 5.41) is 1.95. The molecule has 0 spiro atoms. The van der Waals surface area contributed by atoms with Gasteiger partial charge in [-0.2, -0.15) is 0 Å². The molecule has 0 aliphatic carbocycles. The first-order chi connectivity index (χ1) is 11.2. The Bertz CT molecular complexity index is 807. The number of esters is 1. The molecular formula is C17H12BrNO3S. The van der Waals surface area contributed by atoms with Gasteiger partial charge in [-0.3, -0.25) is 0 Å². The van der Waals surface area contributed by atoms with Crippen molar-refractivity contribution in [2.45, 2.75) is 6.61 Å². The van der Waals surface area contributed by atoms with Gasteiger partial charge >= 0.3 is 5.97 Å². The summed E-state index contributed by atoms with van der Waals surface area (Å²) < 4.78 is 11.5. The zero-order valence-electron chi connectivity index (χ0n) is 11.9. The Balaban J connectivity index is 1.54. The summed E-state index contributed by atoms with van der Waals surface area (Å²) in [6, 6.07) is 11.5. The molecule has 0 amide bonds. The van der Waals surface area contributed by atoms with E-state index in [1.54, 1.807) is 17.4 Å². The highest BCUT2D eigenvalue weighted by molar-refractivity contribution is 9.10. The molecule has 0 aliphatic heterocycles. The van der Waals surface area contributed by atoms with E-state index in [0.29, 0.717) is 11.6 Å². The standard InChI is InChI=1S/C17H12BrNO3S/c18-13-6-3-12(4-7-13)5-8-16(20)21-10-14-11-22-17(19-14)15-2-1-9-23-15/h1-9,11H,10H2/b8-5+. The smallest absolute Gasteiger partial charge is 0.331 e. The van der Waals surface area contributed by atoms with Crippen LogP contribution < -0.4 is 0 Å². The molecule has 1 aromatic carbocycles. The van der Waals surface area contributed by atoms with Crippen LogP contribution in [0.5, 0.6) is 0 Å². The Kier molecular flexibility index (Phi) is 5.05. The van der Waals surface area contributed by atoms with Crippen molar-refractivity contribution in [2.75, 3.05) is 0 Å². The van der Waals surface area contributed by atoms with Gasteiger partial charge in [-0.1, -0.05) is 34.1 Å². The van der Waals surface area contributed by atoms with Crippen LogP contribution in [0.1, 0.15) is 11.3 Å². The summed E-state index contributed by atoms with van der Waals surface area (Å²) >= 11 is 4.90. The molecule has 0 atom stereocenters. The number of aromatic nitrogens is 1. The van der Waals surface area contributed by atoms with Crippen molar-refractivity contribution in [1.29, 1.82) is 0 Å². The number of thiophene rings is 1. The molecule has 4 nitrogen and oxygen atoms in total. The topological polar surface area (TPSA) is 52.3 Å². The molecule has 2 heterocycles. The Morgan fingerprint density at radius 3 is 2.87 bits per heavy atom. The van der Waals surface area contributed by atoms with Gasteiger partial charge in [0, 0.05) is 10.5 Å². The fourth-order valence-electron chi connectivity index (χ4n) is 1.82. The van der Waals surface area contributed by atoms with E-state index in [0.717, 1.165) is 14.9 Å². The van der Waals surface area contributed by atoms with Crippen molar-refractivity contribution in [1.82, 2.24) is 4.98 Å². The van der Waals surface area contributed by atoms with Crippen molar-refractivity contribution < 1.29 is 13.9 Å². The van der Waals surface area contributed by atoms with Crippen molar-refractivity contribution >= 4 is 39.3 Å². The molecule has 23 heavy (non-hydrogen) atoms. The van der Waals surface area contributed by atoms with Crippen molar-refractivity contribution in [3.05, 3.63) is 69.8 Å². The second-order valence-electron chi connectivity index (χ2n) is 4.61. The summed E-state index contributed by atoms with van der Waals surface area (Å²) in [5.74, 6) is 0.116. The molecule has 0 saturated carbocycles. The van der Waals surface area contributed by atoms with E-state index in [2.05, 4.69) is 20.9 Å². The molecule has 0 unspecified atom stereocenters. The molecule has 0 N–H and O–H groups in total. The Morgan fingerprint density at radius 2 is 2.13 bits per heavy atom. The van der Waals surface area contributed by atoms with Gasteiger partial charge in [0.1, 0.15) is 18.6 Å². The lowest BCUT2D eigenvalue weighted by Gasteiger charge is -1.98. The average Bonchev–Trinajstić information content (AvgIpc) is 3.23. The quantitative estimate of drug-likeness (QED) is 0.458. The first kappa shape index (κ1) is 15.7. The lowest BCUT2D eigenvalue weighted by atomic mass is 10.2. The maximum absolute atomic E-state index is 11.7. The molecule has 0 radical (unpaired) electrons. The van der Waals surface area contributed by atoms with Crippen LogP contribution in [-0.4, -0.2) is 11.0 Å². The minimum Gasteiger partial charge on any atom is -0.456 e. The van der Waals surface area contributed by atoms with Gasteiger partial charge < -0.3 is 9.15 Å². The molecule has 0 saturated heterocycles. The van der Waals surface area contributed by atoms with Crippen LogP contribution in [0.3, 0.4) is 0 Å². The van der Waals surface area contributed by atoms with E-state index in [1.165, 1.54) is 12.3 Å². The molecular weight excluding hydrogens is 378 g/mol. The van der Waals surface area contributed by atoms with Gasteiger partial charge in [-0.25, -0.2) is 9.78 Å². The first-order valence-corrected chi connectivity index (χ1v) is 8.47. The van der Waals surface area contributed by atoms with E-state index in [-0.39, 0.29) is 6.61 Å². The van der Waals surface area contributed by atoms with Crippen LogP contribution in [-0.2, 0) is 16.1 Å². The number of hydrogen-bond donors (Lipinski definition) is 0. The second-order valence-corrected chi connectivity index (χ2v) is 6.48. The monoisotopic (exact) mass is 389 g/mol. The zero-order chi connectivity index (χ0) is 16.1. The fraction of sp³-hybridized carbons (Fsp3) is 0.0588. The van der Waals surface area contributed by atoms with E-state index in [1.807, 2.05) is 41.8 Å². The summed E-state index contributed by atoms with van der Waals surface area (Å²) in [6.45, 7) is 0.0817. The fourth-order valence-corrected chi connectivity index (χ4v) is 2.74. The van der Waals surface area contributed by atoms with Crippen LogP contribution in [0.4, 0.5) is 0 Å². The molecule has 0 aliphatic rings. The summed E-state index contributed by atoms with van der Waals surface area (Å²) in [7, 11) is 0. The number of hydrogen-bond acceptors (Lipinski definition) is 5. The van der Waals surface area contributed by atoms with Crippen LogP contribution >= 0.6 is 27.3 Å². The molecule has 6 heteroatoms. The third-order valence-corrected chi connectivity index (χ3v) is 4.31. The predicted molar refractivity (Wildman–Crippen MR) is 92.8 cm³/mol. The third-order valence-electron chi connectivity index (χ3n) is 2.93. The number of benzene rings is 1. The number of ether oxygens (including phenoxy) is 1. The minimum absolute atomic E-state index is 0.0817. The zero-order valence-corrected chi connectivity index (χ0v) is 14.3. The van der Waals surface area contributed by atoms with Crippen LogP contribution in [0.2, 0.25) is 0 Å². The van der Waals surface area contributed by atoms with Gasteiger partial charge in [0.25, 0.3) is 0 Å². The molecule has 2 aromatic heterocycles. The molecule has 3 rings (SSSR count). The molecule has 0 fully saturated rings. The number of oxazole rings is 1. The molecule has 116 valence electrons. The lowest BCUT2D eigenvalue weighted by molar-refractivity contribution is -0.139. The number of rotatable bonds is 5. The van der Waals surface area contributed by atoms with E-state index < -0.39 is 5.97 Å². The lowest BCUT2D eigenvalue weighted by Crippen LogP contribution is -2.00. The van der Waals surface area contributed by atoms with Crippen molar-refractivity contribution in [3.63, 3.8) is 0 Å². The summed E-state index contributed by atoms with van der Waals surface area (Å²) in [4.78, 5) is 16.9. The largest absolute Gasteiger partial charge is 0.456 e. The van der Waals surface area contributed by atoms with Gasteiger partial charge in [-0.05, 0) is 35.2 Å². The maximum Gasteiger partial charge on any atom is 0.331 e. The van der Waals surface area contributed by atoms with Gasteiger partial charge in [-0.15, -0.1) is 11.3 Å². The Morgan fingerprint density at radius 1 is 1.30 bits per heavy atom. The number of halogens is 1. The van der Waals surface area contributed by atoms with E-state index in [4.69, 9.17) is 9.15 Å². The highest BCUT2D eigenvalue weighted by Gasteiger charge is 2.08. The minimum atomic E-state index is -0.423. The predicted octanol–water partition coefficient (Wildman–Crippen LogP) is 4.92. The van der Waals surface area contributed by atoms with E-state index in [9.17, 15) is 4.79 Å². The molecule has 3 aromatic rings. The first-order valence-electron chi connectivity index (χ1n) is 6.79. The SMILES string of the molecule is O=C(/C=C/c1ccc(Br)cc1)OCc1coc(-c2cccs2)n1. The van der Waals surface area contributed by atoms with Crippen molar-refractivity contribution in [2.24, 2.45) is 0 Å². The van der Waals surface area contributed by atoms with Crippen LogP contribution in [0.15, 0.2) is 63.0 Å². The third kappa shape index (κ3) is 4.40. The highest BCUT2D eigenvalue weighted by atomic mass is 79.9. The number of carbonyl (C=O) groups excluding carboxylic acids is 1. The summed E-state index contributed by atoms with van der Waals surface area (Å²) in [5.41, 5.74) is 1.50. The van der Waals surface area contributed by atoms with Crippen molar-refractivity contribution in [3.8, 4) is 10.8 Å². The second kappa shape index (κ2) is 7.39. The summed E-state index contributed by atoms with van der Waals surface area (Å²) in [6.07, 6.45) is 4.60. The van der Waals surface area contributed by atoms with Gasteiger partial charge in [0.15, 0.2) is 0 Å². The average molecular weight is 390 g/mol. The number of nitrogens with zero attached hydrogens (tertiary/aromatic N) is 1. The normalized spacial score (nSPS) is 11.0. The highest BCUT2D eigenvalue weighted by Crippen LogP contribution is 2.23. The Hall–Kier alpha value is -2.18.